The Morgan fingerprint density at radius 3 is 2.63 bits per heavy atom. The first-order chi connectivity index (χ1) is 14.3. The molecule has 0 saturated carbocycles. The second-order valence-electron chi connectivity index (χ2n) is 7.30. The second-order valence-corrected chi connectivity index (χ2v) is 7.30. The molecule has 0 bridgehead atoms. The van der Waals surface area contributed by atoms with Crippen molar-refractivity contribution in [2.24, 2.45) is 0 Å². The lowest BCUT2D eigenvalue weighted by molar-refractivity contribution is -0.167. The Bertz CT molecular complexity index is 1060. The van der Waals surface area contributed by atoms with Gasteiger partial charge in [0, 0.05) is 48.8 Å². The van der Waals surface area contributed by atoms with Crippen LogP contribution < -0.4 is 16.0 Å². The van der Waals surface area contributed by atoms with Gasteiger partial charge in [-0.25, -0.2) is 4.39 Å². The average molecular weight is 412 g/mol. The molecule has 9 heteroatoms. The molecule has 3 amide bonds. The molecule has 2 aromatic rings. The Hall–Kier alpha value is -3.46. The van der Waals surface area contributed by atoms with Crippen LogP contribution in [0.3, 0.4) is 0 Å². The van der Waals surface area contributed by atoms with E-state index in [9.17, 15) is 23.9 Å². The highest BCUT2D eigenvalue weighted by atomic mass is 19.1. The number of fused-ring (bicyclic) bond motifs is 1. The molecule has 30 heavy (non-hydrogen) atoms. The first-order valence-electron chi connectivity index (χ1n) is 9.54. The lowest BCUT2D eigenvalue weighted by atomic mass is 10.00. The van der Waals surface area contributed by atoms with Crippen LogP contribution >= 0.6 is 0 Å². The molecule has 156 valence electrons. The minimum absolute atomic E-state index is 0.00547. The van der Waals surface area contributed by atoms with Gasteiger partial charge in [-0.3, -0.25) is 24.6 Å². The van der Waals surface area contributed by atoms with Gasteiger partial charge in [0.25, 0.3) is 11.8 Å². The Balaban J connectivity index is 1.58. The molecule has 2 aliphatic rings. The highest BCUT2D eigenvalue weighted by Gasteiger charge is 2.51. The van der Waals surface area contributed by atoms with Gasteiger partial charge in [-0.2, -0.15) is 0 Å². The summed E-state index contributed by atoms with van der Waals surface area (Å²) in [6.45, 7) is 0.180. The van der Waals surface area contributed by atoms with E-state index in [1.165, 1.54) is 0 Å². The van der Waals surface area contributed by atoms with Crippen molar-refractivity contribution in [2.45, 2.75) is 31.7 Å². The number of aliphatic hydroxyl groups is 1. The van der Waals surface area contributed by atoms with Crippen molar-refractivity contribution in [1.82, 2.24) is 10.2 Å². The van der Waals surface area contributed by atoms with Crippen molar-refractivity contribution in [1.29, 1.82) is 0 Å². The molecule has 0 aromatic heterocycles. The Morgan fingerprint density at radius 1 is 1.17 bits per heavy atom. The minimum atomic E-state index is -2.09. The number of benzene rings is 2. The maximum absolute atomic E-state index is 14.5. The van der Waals surface area contributed by atoms with Crippen LogP contribution in [0.5, 0.6) is 0 Å². The smallest absolute Gasteiger partial charge is 0.279 e. The number of nitrogens with one attached hydrogen (secondary N) is 3. The molecule has 4 rings (SSSR count). The lowest BCUT2D eigenvalue weighted by Gasteiger charge is -2.37. The van der Waals surface area contributed by atoms with Crippen molar-refractivity contribution in [3.8, 4) is 0 Å². The van der Waals surface area contributed by atoms with Gasteiger partial charge in [0.1, 0.15) is 0 Å². The number of carbonyl (C=O) groups is 3. The number of piperidine rings is 1. The molecule has 1 fully saturated rings. The predicted octanol–water partition coefficient (Wildman–Crippen LogP) is 1.56. The van der Waals surface area contributed by atoms with E-state index >= 15 is 0 Å². The molecular formula is C21H21FN4O4. The van der Waals surface area contributed by atoms with E-state index in [4.69, 9.17) is 0 Å². The molecule has 2 aromatic carbocycles. The van der Waals surface area contributed by atoms with Crippen LogP contribution in [0.15, 0.2) is 36.4 Å². The van der Waals surface area contributed by atoms with Crippen LogP contribution in [0, 0.1) is 5.82 Å². The monoisotopic (exact) mass is 412 g/mol. The summed E-state index contributed by atoms with van der Waals surface area (Å²) in [5.74, 6) is -2.25. The molecule has 0 aliphatic carbocycles. The van der Waals surface area contributed by atoms with E-state index in [2.05, 4.69) is 16.0 Å². The minimum Gasteiger partial charge on any atom is -0.386 e. The number of amides is 3. The summed E-state index contributed by atoms with van der Waals surface area (Å²) in [4.78, 5) is 37.7. The quantitative estimate of drug-likeness (QED) is 0.555. The topological polar surface area (TPSA) is 111 Å². The summed E-state index contributed by atoms with van der Waals surface area (Å²) < 4.78 is 14.5. The highest BCUT2D eigenvalue weighted by molar-refractivity contribution is 6.07. The first kappa shape index (κ1) is 19.8. The molecular weight excluding hydrogens is 391 g/mol. The number of rotatable bonds is 5. The maximum atomic E-state index is 14.5. The lowest BCUT2D eigenvalue weighted by Crippen LogP contribution is -2.63. The van der Waals surface area contributed by atoms with E-state index in [0.717, 1.165) is 4.90 Å². The van der Waals surface area contributed by atoms with Crippen LogP contribution in [0.25, 0.3) is 0 Å². The second kappa shape index (κ2) is 7.42. The fourth-order valence-corrected chi connectivity index (χ4v) is 3.85. The number of anilines is 2. The van der Waals surface area contributed by atoms with Gasteiger partial charge in [-0.1, -0.05) is 18.2 Å². The van der Waals surface area contributed by atoms with Gasteiger partial charge >= 0.3 is 0 Å². The van der Waals surface area contributed by atoms with Crippen LogP contribution in [0.1, 0.15) is 34.3 Å². The van der Waals surface area contributed by atoms with Crippen LogP contribution in [0.2, 0.25) is 0 Å². The van der Waals surface area contributed by atoms with Gasteiger partial charge in [0.15, 0.2) is 5.82 Å². The number of imide groups is 1. The Labute approximate surface area is 172 Å². The van der Waals surface area contributed by atoms with Crippen LogP contribution in [0.4, 0.5) is 15.8 Å². The van der Waals surface area contributed by atoms with Crippen molar-refractivity contribution >= 4 is 29.1 Å². The molecule has 4 N–H and O–H groups in total. The van der Waals surface area contributed by atoms with Gasteiger partial charge in [0.2, 0.25) is 11.6 Å². The highest BCUT2D eigenvalue weighted by Crippen LogP contribution is 2.36. The third-order valence-corrected chi connectivity index (χ3v) is 5.55. The van der Waals surface area contributed by atoms with Gasteiger partial charge in [-0.15, -0.1) is 0 Å². The van der Waals surface area contributed by atoms with E-state index < -0.39 is 23.4 Å². The summed E-state index contributed by atoms with van der Waals surface area (Å²) in [6, 6.07) is 10.1. The van der Waals surface area contributed by atoms with Gasteiger partial charge in [0.05, 0.1) is 12.2 Å². The normalized spacial score (nSPS) is 20.8. The van der Waals surface area contributed by atoms with Crippen molar-refractivity contribution in [3.05, 3.63) is 58.9 Å². The van der Waals surface area contributed by atoms with E-state index in [1.54, 1.807) is 43.4 Å². The zero-order valence-electron chi connectivity index (χ0n) is 16.3. The summed E-state index contributed by atoms with van der Waals surface area (Å²) in [7, 11) is 1.64. The number of nitrogens with zero attached hydrogens (tertiary/aromatic N) is 1. The Morgan fingerprint density at radius 2 is 1.90 bits per heavy atom. The number of hydrogen-bond donors (Lipinski definition) is 4. The van der Waals surface area contributed by atoms with Gasteiger partial charge < -0.3 is 15.7 Å². The van der Waals surface area contributed by atoms with E-state index in [-0.39, 0.29) is 31.7 Å². The predicted molar refractivity (Wildman–Crippen MR) is 107 cm³/mol. The Kier molecular flexibility index (Phi) is 4.90. The molecule has 1 saturated heterocycles. The molecule has 8 nitrogen and oxygen atoms in total. The van der Waals surface area contributed by atoms with E-state index in [0.29, 0.717) is 28.1 Å². The average Bonchev–Trinajstić information content (AvgIpc) is 3.08. The first-order valence-corrected chi connectivity index (χ1v) is 9.54. The number of hydrogen-bond acceptors (Lipinski definition) is 6. The van der Waals surface area contributed by atoms with Crippen molar-refractivity contribution in [3.63, 3.8) is 0 Å². The largest absolute Gasteiger partial charge is 0.386 e. The molecule has 2 heterocycles. The molecule has 1 unspecified atom stereocenters. The van der Waals surface area contributed by atoms with Crippen LogP contribution in [-0.4, -0.2) is 40.5 Å². The summed E-state index contributed by atoms with van der Waals surface area (Å²) in [5, 5.41) is 18.9. The molecule has 0 spiro atoms. The van der Waals surface area contributed by atoms with Crippen molar-refractivity contribution in [2.75, 3.05) is 17.7 Å². The summed E-state index contributed by atoms with van der Waals surface area (Å²) in [6.07, 6.45) is -0.225. The number of carbonyl (C=O) groups excluding carboxylic acids is 3. The van der Waals surface area contributed by atoms with Crippen LogP contribution in [-0.2, 0) is 22.7 Å². The molecule has 2 aliphatic heterocycles. The van der Waals surface area contributed by atoms with Gasteiger partial charge in [-0.05, 0) is 18.2 Å². The van der Waals surface area contributed by atoms with E-state index in [1.807, 2.05) is 0 Å². The maximum Gasteiger partial charge on any atom is 0.279 e. The fourth-order valence-electron chi connectivity index (χ4n) is 3.85. The SMILES string of the molecule is CNc1cccc(CNc2cccc3c2CN(C2(O)CCC(=O)NC2=O)C3=O)c1F. The number of halogens is 1. The third kappa shape index (κ3) is 3.17. The standard InChI is InChI=1S/C21H21FN4O4/c1-23-16-7-2-4-12(18(16)22)10-24-15-6-3-5-13-14(15)11-26(19(13)28)21(30)9-8-17(27)25-20(21)29/h2-7,23-24,30H,8-11H2,1H3,(H,25,27,29). The molecule has 0 radical (unpaired) electrons. The summed E-state index contributed by atoms with van der Waals surface area (Å²) in [5.41, 5.74) is 0.300. The zero-order valence-corrected chi connectivity index (χ0v) is 16.3. The zero-order chi connectivity index (χ0) is 21.5. The van der Waals surface area contributed by atoms with Crippen molar-refractivity contribution < 1.29 is 23.9 Å². The molecule has 1 atom stereocenters. The summed E-state index contributed by atoms with van der Waals surface area (Å²) >= 11 is 0. The fraction of sp³-hybridized carbons (Fsp3) is 0.286. The third-order valence-electron chi connectivity index (χ3n) is 5.55.